The normalized spacial score (nSPS) is 21.3. The zero-order valence-electron chi connectivity index (χ0n) is 14.4. The van der Waals surface area contributed by atoms with Gasteiger partial charge in [-0.25, -0.2) is 0 Å². The Labute approximate surface area is 160 Å². The summed E-state index contributed by atoms with van der Waals surface area (Å²) in [6.07, 6.45) is 5.37. The van der Waals surface area contributed by atoms with Crippen LogP contribution in [0.15, 0.2) is 30.4 Å². The summed E-state index contributed by atoms with van der Waals surface area (Å²) in [6.45, 7) is 0.181. The number of carbonyl (C=O) groups is 3. The van der Waals surface area contributed by atoms with Crippen molar-refractivity contribution in [1.29, 1.82) is 0 Å². The molecular weight excluding hydrogens is 374 g/mol. The second-order valence-corrected chi connectivity index (χ2v) is 6.96. The van der Waals surface area contributed by atoms with Gasteiger partial charge >= 0.3 is 0 Å². The van der Waals surface area contributed by atoms with Gasteiger partial charge in [0.25, 0.3) is 5.69 Å². The van der Waals surface area contributed by atoms with Gasteiger partial charge in [-0.15, -0.1) is 0 Å². The van der Waals surface area contributed by atoms with Crippen molar-refractivity contribution in [2.24, 2.45) is 11.8 Å². The molecule has 0 bridgehead atoms. The summed E-state index contributed by atoms with van der Waals surface area (Å²) in [4.78, 5) is 48.3. The number of amides is 3. The molecule has 0 spiro atoms. The molecule has 1 aromatic rings. The zero-order chi connectivity index (χ0) is 19.6. The summed E-state index contributed by atoms with van der Waals surface area (Å²) in [5.41, 5.74) is -0.0274. The number of hydrogen-bond donors (Lipinski definition) is 1. The molecule has 1 aromatic carbocycles. The fourth-order valence-corrected chi connectivity index (χ4v) is 3.59. The maximum absolute atomic E-state index is 12.4. The molecule has 0 saturated carbocycles. The highest BCUT2D eigenvalue weighted by Gasteiger charge is 2.46. The molecule has 0 aromatic heterocycles. The molecule has 1 aliphatic carbocycles. The monoisotopic (exact) mass is 391 g/mol. The molecule has 2 aliphatic rings. The minimum atomic E-state index is -0.578. The van der Waals surface area contributed by atoms with Crippen LogP contribution in [0.2, 0.25) is 5.02 Å². The second-order valence-electron chi connectivity index (χ2n) is 6.56. The number of nitro groups is 1. The van der Waals surface area contributed by atoms with Crippen LogP contribution in [-0.4, -0.2) is 34.1 Å². The molecule has 1 saturated heterocycles. The Morgan fingerprint density at radius 1 is 1.22 bits per heavy atom. The molecule has 1 fully saturated rings. The second kappa shape index (κ2) is 7.87. The van der Waals surface area contributed by atoms with Crippen LogP contribution in [0.4, 0.5) is 11.4 Å². The Bertz CT molecular complexity index is 812. The minimum absolute atomic E-state index is 0.0592. The molecule has 1 heterocycles. The van der Waals surface area contributed by atoms with Gasteiger partial charge in [0, 0.05) is 25.1 Å². The highest BCUT2D eigenvalue weighted by atomic mass is 35.5. The minimum Gasteiger partial charge on any atom is -0.325 e. The summed E-state index contributed by atoms with van der Waals surface area (Å²) in [7, 11) is 0. The average molecular weight is 392 g/mol. The van der Waals surface area contributed by atoms with E-state index in [1.165, 1.54) is 23.1 Å². The van der Waals surface area contributed by atoms with Gasteiger partial charge in [0.15, 0.2) is 0 Å². The van der Waals surface area contributed by atoms with Crippen LogP contribution in [0.3, 0.4) is 0 Å². The van der Waals surface area contributed by atoms with Crippen molar-refractivity contribution in [3.05, 3.63) is 45.5 Å². The highest BCUT2D eigenvalue weighted by Crippen LogP contribution is 2.35. The number of halogens is 1. The Morgan fingerprint density at radius 3 is 2.44 bits per heavy atom. The largest absolute Gasteiger partial charge is 0.325 e. The molecule has 2 atom stereocenters. The number of rotatable bonds is 6. The number of nitrogens with zero attached hydrogens (tertiary/aromatic N) is 2. The number of anilines is 1. The van der Waals surface area contributed by atoms with Crippen LogP contribution in [0, 0.1) is 22.0 Å². The average Bonchev–Trinajstić information content (AvgIpc) is 2.88. The summed E-state index contributed by atoms with van der Waals surface area (Å²) in [6, 6.07) is 3.77. The van der Waals surface area contributed by atoms with Crippen LogP contribution < -0.4 is 5.32 Å². The van der Waals surface area contributed by atoms with Crippen LogP contribution in [0.5, 0.6) is 0 Å². The van der Waals surface area contributed by atoms with Crippen LogP contribution in [-0.2, 0) is 14.4 Å². The predicted molar refractivity (Wildman–Crippen MR) is 98.0 cm³/mol. The molecule has 8 nitrogen and oxygen atoms in total. The van der Waals surface area contributed by atoms with Gasteiger partial charge in [-0.3, -0.25) is 29.4 Å². The van der Waals surface area contributed by atoms with E-state index >= 15 is 0 Å². The van der Waals surface area contributed by atoms with Crippen molar-refractivity contribution in [2.75, 3.05) is 11.9 Å². The van der Waals surface area contributed by atoms with Crippen molar-refractivity contribution in [3.63, 3.8) is 0 Å². The fourth-order valence-electron chi connectivity index (χ4n) is 3.42. The Morgan fingerprint density at radius 2 is 1.85 bits per heavy atom. The number of likely N-dealkylation sites (tertiary alicyclic amines) is 1. The summed E-state index contributed by atoms with van der Waals surface area (Å²) >= 11 is 5.95. The smallest absolute Gasteiger partial charge is 0.271 e. The summed E-state index contributed by atoms with van der Waals surface area (Å²) in [5.74, 6) is -1.29. The summed E-state index contributed by atoms with van der Waals surface area (Å²) in [5, 5.41) is 13.5. The van der Waals surface area contributed by atoms with Crippen molar-refractivity contribution in [3.8, 4) is 0 Å². The van der Waals surface area contributed by atoms with Crippen LogP contribution in [0.1, 0.15) is 25.7 Å². The lowest BCUT2D eigenvalue weighted by molar-refractivity contribution is -0.384. The molecule has 3 rings (SSSR count). The molecule has 142 valence electrons. The molecule has 0 radical (unpaired) electrons. The maximum Gasteiger partial charge on any atom is 0.271 e. The van der Waals surface area contributed by atoms with Gasteiger partial charge < -0.3 is 5.32 Å². The number of nitrogens with one attached hydrogen (secondary N) is 1. The lowest BCUT2D eigenvalue weighted by atomic mass is 9.85. The number of hydrogen-bond acceptors (Lipinski definition) is 5. The number of allylic oxidation sites excluding steroid dienone is 2. The fraction of sp³-hybridized carbons (Fsp3) is 0.389. The standard InChI is InChI=1S/C18H18ClN3O5/c19-14-8-7-11(22(26)27)10-15(14)20-16(23)6-3-9-21-17(24)12-4-1-2-5-13(12)18(21)25/h1-2,7-8,10,12-13H,3-6,9H2,(H,20,23)/t12-,13-/m0/s1. The molecule has 1 N–H and O–H groups in total. The van der Waals surface area contributed by atoms with E-state index in [2.05, 4.69) is 5.32 Å². The molecule has 1 aliphatic heterocycles. The van der Waals surface area contributed by atoms with E-state index < -0.39 is 10.8 Å². The molecule has 9 heteroatoms. The van der Waals surface area contributed by atoms with E-state index in [-0.39, 0.29) is 53.0 Å². The van der Waals surface area contributed by atoms with Crippen molar-refractivity contribution < 1.29 is 19.3 Å². The van der Waals surface area contributed by atoms with E-state index in [4.69, 9.17) is 11.6 Å². The number of fused-ring (bicyclic) bond motifs is 1. The summed E-state index contributed by atoms with van der Waals surface area (Å²) < 4.78 is 0. The lowest BCUT2D eigenvalue weighted by Gasteiger charge is -2.14. The molecule has 0 unspecified atom stereocenters. The van der Waals surface area contributed by atoms with E-state index in [0.717, 1.165) is 0 Å². The first-order chi connectivity index (χ1) is 12.9. The third kappa shape index (κ3) is 4.00. The zero-order valence-corrected chi connectivity index (χ0v) is 15.1. The highest BCUT2D eigenvalue weighted by molar-refractivity contribution is 6.33. The van der Waals surface area contributed by atoms with Gasteiger partial charge in [0.1, 0.15) is 0 Å². The quantitative estimate of drug-likeness (QED) is 0.347. The third-order valence-corrected chi connectivity index (χ3v) is 5.15. The third-order valence-electron chi connectivity index (χ3n) is 4.82. The Balaban J connectivity index is 1.53. The first-order valence-electron chi connectivity index (χ1n) is 8.62. The van der Waals surface area contributed by atoms with Gasteiger partial charge in [-0.2, -0.15) is 0 Å². The Hall–Kier alpha value is -2.74. The first-order valence-corrected chi connectivity index (χ1v) is 9.00. The first kappa shape index (κ1) is 19.0. The topological polar surface area (TPSA) is 110 Å². The molecular formula is C18H18ClN3O5. The van der Waals surface area contributed by atoms with Crippen molar-refractivity contribution >= 4 is 40.7 Å². The maximum atomic E-state index is 12.4. The van der Waals surface area contributed by atoms with Crippen molar-refractivity contribution in [1.82, 2.24) is 4.90 Å². The number of carbonyl (C=O) groups excluding carboxylic acids is 3. The van der Waals surface area contributed by atoms with Gasteiger partial charge in [0.05, 0.1) is 27.5 Å². The van der Waals surface area contributed by atoms with Crippen LogP contribution in [0.25, 0.3) is 0 Å². The number of non-ortho nitro benzene ring substituents is 1. The van der Waals surface area contributed by atoms with Crippen LogP contribution >= 0.6 is 11.6 Å². The Kier molecular flexibility index (Phi) is 5.55. The molecule has 27 heavy (non-hydrogen) atoms. The van der Waals surface area contributed by atoms with Crippen molar-refractivity contribution in [2.45, 2.75) is 25.7 Å². The van der Waals surface area contributed by atoms with Gasteiger partial charge in [-0.05, 0) is 25.3 Å². The SMILES string of the molecule is O=C(CCCN1C(=O)[C@H]2CC=CC[C@@H]2C1=O)Nc1cc([N+](=O)[O-])ccc1Cl. The number of nitro benzene ring substituents is 1. The number of benzene rings is 1. The van der Waals surface area contributed by atoms with E-state index in [1.54, 1.807) is 0 Å². The molecule has 3 amide bonds. The van der Waals surface area contributed by atoms with Gasteiger partial charge in [0.2, 0.25) is 17.7 Å². The van der Waals surface area contributed by atoms with E-state index in [1.807, 2.05) is 12.2 Å². The van der Waals surface area contributed by atoms with E-state index in [0.29, 0.717) is 19.3 Å². The van der Waals surface area contributed by atoms with E-state index in [9.17, 15) is 24.5 Å². The lowest BCUT2D eigenvalue weighted by Crippen LogP contribution is -2.32. The predicted octanol–water partition coefficient (Wildman–Crippen LogP) is 2.92. The number of imide groups is 1. The van der Waals surface area contributed by atoms with Gasteiger partial charge in [-0.1, -0.05) is 23.8 Å².